The van der Waals surface area contributed by atoms with Crippen molar-refractivity contribution in [1.82, 2.24) is 4.57 Å². The molecule has 1 aromatic carbocycles. The maximum absolute atomic E-state index is 5.85. The van der Waals surface area contributed by atoms with Crippen LogP contribution in [0.5, 0.6) is 5.75 Å². The number of benzene rings is 1. The molecule has 4 heteroatoms. The van der Waals surface area contributed by atoms with Gasteiger partial charge in [0, 0.05) is 37.0 Å². The van der Waals surface area contributed by atoms with Gasteiger partial charge >= 0.3 is 0 Å². The van der Waals surface area contributed by atoms with Gasteiger partial charge in [-0.05, 0) is 42.5 Å². The second kappa shape index (κ2) is 5.28. The zero-order valence-electron chi connectivity index (χ0n) is 13.3. The Morgan fingerprint density at radius 2 is 1.91 bits per heavy atom. The number of nitrogens with zero attached hydrogens (tertiary/aromatic N) is 1. The number of rotatable bonds is 2. The Kier molecular flexibility index (Phi) is 3.39. The molecule has 1 saturated carbocycles. The zero-order chi connectivity index (χ0) is 15.2. The Bertz CT molecular complexity index is 675. The molecule has 1 aliphatic carbocycles. The first-order valence-corrected chi connectivity index (χ1v) is 8.12. The van der Waals surface area contributed by atoms with E-state index < -0.39 is 0 Å². The lowest BCUT2D eigenvalue weighted by molar-refractivity contribution is -0.178. The van der Waals surface area contributed by atoms with Crippen LogP contribution in [-0.2, 0) is 16.5 Å². The highest BCUT2D eigenvalue weighted by molar-refractivity contribution is 5.86. The van der Waals surface area contributed by atoms with Crippen LogP contribution in [0.25, 0.3) is 10.9 Å². The number of fused-ring (bicyclic) bond motifs is 1. The maximum atomic E-state index is 5.85. The van der Waals surface area contributed by atoms with E-state index >= 15 is 0 Å². The zero-order valence-corrected chi connectivity index (χ0v) is 13.3. The molecule has 1 aliphatic heterocycles. The summed E-state index contributed by atoms with van der Waals surface area (Å²) in [5, 5.41) is 1.32. The second-order valence-electron chi connectivity index (χ2n) is 6.46. The van der Waals surface area contributed by atoms with E-state index in [1.54, 1.807) is 7.11 Å². The van der Waals surface area contributed by atoms with E-state index in [0.717, 1.165) is 44.6 Å². The molecule has 0 unspecified atom stereocenters. The average molecular weight is 301 g/mol. The molecule has 0 N–H and O–H groups in total. The van der Waals surface area contributed by atoms with Gasteiger partial charge in [-0.2, -0.15) is 0 Å². The van der Waals surface area contributed by atoms with Gasteiger partial charge < -0.3 is 18.8 Å². The molecule has 1 spiro atoms. The summed E-state index contributed by atoms with van der Waals surface area (Å²) < 4.78 is 19.3. The SMILES string of the molecule is COc1ccc2c(c1)c(C1CCC3(CC1)OCCO3)cn2C. The van der Waals surface area contributed by atoms with Crippen molar-refractivity contribution in [1.29, 1.82) is 0 Å². The third-order valence-electron chi connectivity index (χ3n) is 5.23. The summed E-state index contributed by atoms with van der Waals surface area (Å²) >= 11 is 0. The molecule has 1 aromatic heterocycles. The molecule has 2 fully saturated rings. The fraction of sp³-hybridized carbons (Fsp3) is 0.556. The van der Waals surface area contributed by atoms with Gasteiger partial charge in [0.25, 0.3) is 0 Å². The van der Waals surface area contributed by atoms with Crippen LogP contribution in [0.2, 0.25) is 0 Å². The van der Waals surface area contributed by atoms with E-state index in [4.69, 9.17) is 14.2 Å². The highest BCUT2D eigenvalue weighted by Gasteiger charge is 2.40. The van der Waals surface area contributed by atoms with Crippen LogP contribution in [0.15, 0.2) is 24.4 Å². The first-order chi connectivity index (χ1) is 10.7. The van der Waals surface area contributed by atoms with Crippen LogP contribution in [0.1, 0.15) is 37.2 Å². The van der Waals surface area contributed by atoms with E-state index in [2.05, 4.69) is 29.9 Å². The molecule has 0 amide bonds. The van der Waals surface area contributed by atoms with Gasteiger partial charge in [-0.3, -0.25) is 0 Å². The molecule has 1 saturated heterocycles. The summed E-state index contributed by atoms with van der Waals surface area (Å²) in [6.07, 6.45) is 6.52. The molecule has 0 atom stereocenters. The summed E-state index contributed by atoms with van der Waals surface area (Å²) in [6, 6.07) is 6.34. The highest BCUT2D eigenvalue weighted by Crippen LogP contribution is 2.44. The van der Waals surface area contributed by atoms with E-state index in [1.165, 1.54) is 16.5 Å². The van der Waals surface area contributed by atoms with Crippen LogP contribution in [0.4, 0.5) is 0 Å². The fourth-order valence-electron chi connectivity index (χ4n) is 4.01. The summed E-state index contributed by atoms with van der Waals surface area (Å²) in [4.78, 5) is 0. The molecule has 2 aromatic rings. The van der Waals surface area contributed by atoms with Gasteiger partial charge in [-0.25, -0.2) is 0 Å². The highest BCUT2D eigenvalue weighted by atomic mass is 16.7. The molecule has 22 heavy (non-hydrogen) atoms. The monoisotopic (exact) mass is 301 g/mol. The van der Waals surface area contributed by atoms with Gasteiger partial charge in [0.2, 0.25) is 0 Å². The van der Waals surface area contributed by atoms with Crippen molar-refractivity contribution in [2.24, 2.45) is 7.05 Å². The van der Waals surface area contributed by atoms with Gasteiger partial charge in [0.05, 0.1) is 20.3 Å². The maximum Gasteiger partial charge on any atom is 0.168 e. The number of methoxy groups -OCH3 is 1. The van der Waals surface area contributed by atoms with Crippen LogP contribution >= 0.6 is 0 Å². The Labute approximate surface area is 131 Å². The van der Waals surface area contributed by atoms with E-state index in [9.17, 15) is 0 Å². The largest absolute Gasteiger partial charge is 0.497 e. The predicted octanol–water partition coefficient (Wildman–Crippen LogP) is 3.59. The third kappa shape index (κ3) is 2.22. The normalized spacial score (nSPS) is 21.7. The minimum Gasteiger partial charge on any atom is -0.497 e. The first kappa shape index (κ1) is 14.1. The lowest BCUT2D eigenvalue weighted by Gasteiger charge is -2.35. The van der Waals surface area contributed by atoms with Crippen LogP contribution < -0.4 is 4.74 Å². The molecule has 118 valence electrons. The predicted molar refractivity (Wildman–Crippen MR) is 85.3 cm³/mol. The van der Waals surface area contributed by atoms with Crippen molar-refractivity contribution in [3.63, 3.8) is 0 Å². The first-order valence-electron chi connectivity index (χ1n) is 8.12. The number of ether oxygens (including phenoxy) is 3. The van der Waals surface area contributed by atoms with Gasteiger partial charge in [-0.1, -0.05) is 0 Å². The number of hydrogen-bond acceptors (Lipinski definition) is 3. The molecule has 4 nitrogen and oxygen atoms in total. The summed E-state index contributed by atoms with van der Waals surface area (Å²) in [5.74, 6) is 1.22. The van der Waals surface area contributed by atoms with Crippen molar-refractivity contribution in [2.45, 2.75) is 37.4 Å². The lowest BCUT2D eigenvalue weighted by Crippen LogP contribution is -2.34. The van der Waals surface area contributed by atoms with Gasteiger partial charge in [0.15, 0.2) is 5.79 Å². The molecule has 2 aliphatic rings. The number of aromatic nitrogens is 1. The molecule has 0 bridgehead atoms. The van der Waals surface area contributed by atoms with Crippen molar-refractivity contribution >= 4 is 10.9 Å². The van der Waals surface area contributed by atoms with Gasteiger partial charge in [0.1, 0.15) is 5.75 Å². The molecular formula is C18H23NO3. The number of aryl methyl sites for hydroxylation is 1. The van der Waals surface area contributed by atoms with Crippen molar-refractivity contribution in [3.05, 3.63) is 30.0 Å². The van der Waals surface area contributed by atoms with Crippen molar-refractivity contribution < 1.29 is 14.2 Å². The van der Waals surface area contributed by atoms with E-state index in [0.29, 0.717) is 5.92 Å². The fourth-order valence-corrected chi connectivity index (χ4v) is 4.01. The lowest BCUT2D eigenvalue weighted by atomic mass is 9.81. The van der Waals surface area contributed by atoms with Crippen LogP contribution in [-0.4, -0.2) is 30.7 Å². The number of hydrogen-bond donors (Lipinski definition) is 0. The Morgan fingerprint density at radius 3 is 2.59 bits per heavy atom. The summed E-state index contributed by atoms with van der Waals surface area (Å²) in [6.45, 7) is 1.49. The molecule has 4 rings (SSSR count). The second-order valence-corrected chi connectivity index (χ2v) is 6.46. The van der Waals surface area contributed by atoms with Crippen molar-refractivity contribution in [3.8, 4) is 5.75 Å². The average Bonchev–Trinajstić information content (AvgIpc) is 3.13. The quantitative estimate of drug-likeness (QED) is 0.850. The molecule has 0 radical (unpaired) electrons. The topological polar surface area (TPSA) is 32.6 Å². The van der Waals surface area contributed by atoms with E-state index in [1.807, 2.05) is 6.07 Å². The standard InChI is InChI=1S/C18H23NO3/c1-19-12-16(15-11-14(20-2)3-4-17(15)19)13-5-7-18(8-6-13)21-9-10-22-18/h3-4,11-13H,5-10H2,1-2H3. The molecule has 2 heterocycles. The van der Waals surface area contributed by atoms with Crippen LogP contribution in [0, 0.1) is 0 Å². The minimum atomic E-state index is -0.279. The smallest absolute Gasteiger partial charge is 0.168 e. The molecular weight excluding hydrogens is 278 g/mol. The van der Waals surface area contributed by atoms with Gasteiger partial charge in [-0.15, -0.1) is 0 Å². The summed E-state index contributed by atoms with van der Waals surface area (Å²) in [7, 11) is 3.84. The van der Waals surface area contributed by atoms with E-state index in [-0.39, 0.29) is 5.79 Å². The Hall–Kier alpha value is -1.52. The third-order valence-corrected chi connectivity index (χ3v) is 5.23. The van der Waals surface area contributed by atoms with Crippen molar-refractivity contribution in [2.75, 3.05) is 20.3 Å². The van der Waals surface area contributed by atoms with Crippen LogP contribution in [0.3, 0.4) is 0 Å². The Morgan fingerprint density at radius 1 is 1.18 bits per heavy atom. The Balaban J connectivity index is 1.64. The minimum absolute atomic E-state index is 0.279. The summed E-state index contributed by atoms with van der Waals surface area (Å²) in [5.41, 5.74) is 2.70.